The van der Waals surface area contributed by atoms with Crippen molar-refractivity contribution in [3.8, 4) is 0 Å². The first-order valence-corrected chi connectivity index (χ1v) is 7.24. The van der Waals surface area contributed by atoms with Gasteiger partial charge < -0.3 is 5.32 Å². The third kappa shape index (κ3) is 4.08. The van der Waals surface area contributed by atoms with E-state index in [4.69, 9.17) is 0 Å². The molecule has 1 rings (SSSR count). The highest BCUT2D eigenvalue weighted by molar-refractivity contribution is 5.02. The molecule has 0 aromatic rings. The summed E-state index contributed by atoms with van der Waals surface area (Å²) in [5, 5.41) is 3.78. The number of hydrogen-bond acceptors (Lipinski definition) is 1. The molecule has 3 unspecified atom stereocenters. The summed E-state index contributed by atoms with van der Waals surface area (Å²) in [7, 11) is 0. The van der Waals surface area contributed by atoms with Gasteiger partial charge in [-0.25, -0.2) is 0 Å². The van der Waals surface area contributed by atoms with Crippen LogP contribution in [0, 0.1) is 17.3 Å². The van der Waals surface area contributed by atoms with E-state index in [2.05, 4.69) is 39.9 Å². The van der Waals surface area contributed by atoms with E-state index in [9.17, 15) is 0 Å². The maximum Gasteiger partial charge on any atom is 0.0103 e. The minimum Gasteiger partial charge on any atom is -0.314 e. The van der Waals surface area contributed by atoms with Crippen LogP contribution in [0.1, 0.15) is 66.7 Å². The minimum atomic E-state index is 0.608. The van der Waals surface area contributed by atoms with Crippen LogP contribution in [0.3, 0.4) is 0 Å². The summed E-state index contributed by atoms with van der Waals surface area (Å²) in [5.41, 5.74) is 0.608. The van der Waals surface area contributed by atoms with Crippen molar-refractivity contribution in [1.82, 2.24) is 5.32 Å². The lowest BCUT2D eigenvalue weighted by molar-refractivity contribution is 0.328. The van der Waals surface area contributed by atoms with Crippen LogP contribution in [0.25, 0.3) is 0 Å². The zero-order valence-electron chi connectivity index (χ0n) is 12.0. The van der Waals surface area contributed by atoms with Crippen LogP contribution in [-0.4, -0.2) is 12.6 Å². The van der Waals surface area contributed by atoms with Gasteiger partial charge in [0.15, 0.2) is 0 Å². The van der Waals surface area contributed by atoms with Gasteiger partial charge in [-0.05, 0) is 43.1 Å². The molecule has 3 atom stereocenters. The molecule has 0 bridgehead atoms. The number of nitrogens with one attached hydrogen (secondary N) is 1. The molecule has 1 N–H and O–H groups in total. The lowest BCUT2D eigenvalue weighted by Crippen LogP contribution is -2.34. The first-order valence-electron chi connectivity index (χ1n) is 7.24. The standard InChI is InChI=1S/C15H31N/c1-6-8-12(3)10-14(16-9-7-2)13-11-15(13,4)5/h12-14,16H,6-11H2,1-5H3. The third-order valence-electron chi connectivity index (χ3n) is 4.17. The molecule has 1 aliphatic carbocycles. The predicted octanol–water partition coefficient (Wildman–Crippen LogP) is 4.23. The van der Waals surface area contributed by atoms with E-state index in [0.29, 0.717) is 5.41 Å². The molecule has 0 aliphatic heterocycles. The topological polar surface area (TPSA) is 12.0 Å². The Morgan fingerprint density at radius 1 is 1.25 bits per heavy atom. The van der Waals surface area contributed by atoms with Crippen LogP contribution < -0.4 is 5.32 Å². The molecule has 0 amide bonds. The van der Waals surface area contributed by atoms with E-state index >= 15 is 0 Å². The van der Waals surface area contributed by atoms with Crippen LogP contribution in [0.15, 0.2) is 0 Å². The van der Waals surface area contributed by atoms with Crippen molar-refractivity contribution in [2.24, 2.45) is 17.3 Å². The van der Waals surface area contributed by atoms with Gasteiger partial charge in [0.2, 0.25) is 0 Å². The molecule has 0 spiro atoms. The summed E-state index contributed by atoms with van der Waals surface area (Å²) in [6, 6.07) is 0.775. The van der Waals surface area contributed by atoms with Crippen molar-refractivity contribution < 1.29 is 0 Å². The van der Waals surface area contributed by atoms with Gasteiger partial charge in [-0.1, -0.05) is 47.5 Å². The van der Waals surface area contributed by atoms with Crippen molar-refractivity contribution in [1.29, 1.82) is 0 Å². The Hall–Kier alpha value is -0.0400. The van der Waals surface area contributed by atoms with Gasteiger partial charge in [-0.15, -0.1) is 0 Å². The second kappa shape index (κ2) is 6.05. The van der Waals surface area contributed by atoms with E-state index in [1.807, 2.05) is 0 Å². The van der Waals surface area contributed by atoms with Crippen LogP contribution in [0.4, 0.5) is 0 Å². The Morgan fingerprint density at radius 2 is 1.88 bits per heavy atom. The van der Waals surface area contributed by atoms with Crippen LogP contribution in [0.5, 0.6) is 0 Å². The van der Waals surface area contributed by atoms with E-state index < -0.39 is 0 Å². The smallest absolute Gasteiger partial charge is 0.0103 e. The molecule has 0 aromatic carbocycles. The summed E-state index contributed by atoms with van der Waals surface area (Å²) < 4.78 is 0. The Labute approximate surface area is 102 Å². The van der Waals surface area contributed by atoms with Crippen LogP contribution in [0.2, 0.25) is 0 Å². The van der Waals surface area contributed by atoms with Crippen LogP contribution in [-0.2, 0) is 0 Å². The van der Waals surface area contributed by atoms with Crippen molar-refractivity contribution in [2.75, 3.05) is 6.54 Å². The molecule has 0 aromatic heterocycles. The zero-order chi connectivity index (χ0) is 12.2. The van der Waals surface area contributed by atoms with E-state index in [-0.39, 0.29) is 0 Å². The quantitative estimate of drug-likeness (QED) is 0.652. The van der Waals surface area contributed by atoms with Gasteiger partial charge in [-0.3, -0.25) is 0 Å². The lowest BCUT2D eigenvalue weighted by atomic mass is 9.92. The maximum absolute atomic E-state index is 3.78. The largest absolute Gasteiger partial charge is 0.314 e. The number of rotatable bonds is 8. The molecule has 0 saturated heterocycles. The van der Waals surface area contributed by atoms with Gasteiger partial charge in [0.1, 0.15) is 0 Å². The summed E-state index contributed by atoms with van der Waals surface area (Å²) in [6.45, 7) is 13.0. The van der Waals surface area contributed by atoms with Gasteiger partial charge >= 0.3 is 0 Å². The maximum atomic E-state index is 3.78. The Morgan fingerprint density at radius 3 is 2.31 bits per heavy atom. The Bertz CT molecular complexity index is 198. The summed E-state index contributed by atoms with van der Waals surface area (Å²) >= 11 is 0. The fourth-order valence-corrected chi connectivity index (χ4v) is 2.96. The van der Waals surface area contributed by atoms with Crippen molar-refractivity contribution in [3.05, 3.63) is 0 Å². The predicted molar refractivity (Wildman–Crippen MR) is 72.7 cm³/mol. The molecule has 0 heterocycles. The Kier molecular flexibility index (Phi) is 5.30. The highest BCUT2D eigenvalue weighted by Gasteiger charge is 2.49. The lowest BCUT2D eigenvalue weighted by Gasteiger charge is -2.23. The first kappa shape index (κ1) is 14.0. The molecular weight excluding hydrogens is 194 g/mol. The van der Waals surface area contributed by atoms with Gasteiger partial charge in [-0.2, -0.15) is 0 Å². The van der Waals surface area contributed by atoms with Gasteiger partial charge in [0.25, 0.3) is 0 Å². The number of hydrogen-bond donors (Lipinski definition) is 1. The first-order chi connectivity index (χ1) is 7.51. The van der Waals surface area contributed by atoms with Crippen molar-refractivity contribution in [3.63, 3.8) is 0 Å². The molecule has 1 fully saturated rings. The van der Waals surface area contributed by atoms with Crippen molar-refractivity contribution in [2.45, 2.75) is 72.8 Å². The second-order valence-electron chi connectivity index (χ2n) is 6.49. The fraction of sp³-hybridized carbons (Fsp3) is 1.00. The molecule has 96 valence electrons. The average molecular weight is 225 g/mol. The molecule has 16 heavy (non-hydrogen) atoms. The molecule has 1 nitrogen and oxygen atoms in total. The highest BCUT2D eigenvalue weighted by Crippen LogP contribution is 2.54. The third-order valence-corrected chi connectivity index (χ3v) is 4.17. The zero-order valence-corrected chi connectivity index (χ0v) is 12.0. The average Bonchev–Trinajstić information content (AvgIpc) is 2.82. The molecular formula is C15H31N. The summed E-state index contributed by atoms with van der Waals surface area (Å²) in [6.07, 6.45) is 6.77. The monoisotopic (exact) mass is 225 g/mol. The van der Waals surface area contributed by atoms with Gasteiger partial charge in [0, 0.05) is 6.04 Å². The normalized spacial score (nSPS) is 26.4. The minimum absolute atomic E-state index is 0.608. The van der Waals surface area contributed by atoms with E-state index in [1.54, 1.807) is 0 Å². The second-order valence-corrected chi connectivity index (χ2v) is 6.49. The molecule has 0 radical (unpaired) electrons. The SMILES string of the molecule is CCCNC(CC(C)CCC)C1CC1(C)C. The molecule has 1 saturated carbocycles. The molecule has 1 aliphatic rings. The fourth-order valence-electron chi connectivity index (χ4n) is 2.96. The van der Waals surface area contributed by atoms with Crippen molar-refractivity contribution >= 4 is 0 Å². The Balaban J connectivity index is 2.39. The summed E-state index contributed by atoms with van der Waals surface area (Å²) in [4.78, 5) is 0. The van der Waals surface area contributed by atoms with Crippen LogP contribution >= 0.6 is 0 Å². The summed E-state index contributed by atoms with van der Waals surface area (Å²) in [5.74, 6) is 1.81. The molecule has 1 heteroatoms. The van der Waals surface area contributed by atoms with E-state index in [0.717, 1.165) is 17.9 Å². The highest BCUT2D eigenvalue weighted by atomic mass is 14.9. The van der Waals surface area contributed by atoms with Gasteiger partial charge in [0.05, 0.1) is 0 Å². The van der Waals surface area contributed by atoms with E-state index in [1.165, 1.54) is 38.6 Å².